The highest BCUT2D eigenvalue weighted by Crippen LogP contribution is 2.34. The molecule has 1 aliphatic rings. The summed E-state index contributed by atoms with van der Waals surface area (Å²) in [5.74, 6) is 0.798. The van der Waals surface area contributed by atoms with E-state index in [1.165, 1.54) is 35.0 Å². The molecule has 0 aliphatic heterocycles. The molecule has 1 fully saturated rings. The molecule has 2 rings (SSSR count). The molecule has 0 amide bonds. The Balaban J connectivity index is 2.03. The van der Waals surface area contributed by atoms with Crippen LogP contribution in [0.4, 0.5) is 0 Å². The molecular weight excluding hydrogens is 270 g/mol. The zero-order valence-electron chi connectivity index (χ0n) is 9.13. The first-order valence-corrected chi connectivity index (χ1v) is 7.26. The minimum absolute atomic E-state index is 0.0575. The van der Waals surface area contributed by atoms with E-state index in [1.54, 1.807) is 0 Å². The molecule has 2 unspecified atom stereocenters. The van der Waals surface area contributed by atoms with Gasteiger partial charge in [-0.15, -0.1) is 11.3 Å². The molecule has 0 radical (unpaired) electrons. The van der Waals surface area contributed by atoms with Gasteiger partial charge in [-0.1, -0.05) is 19.8 Å². The summed E-state index contributed by atoms with van der Waals surface area (Å²) >= 11 is 5.31. The monoisotopic (exact) mass is 287 g/mol. The number of rotatable bonds is 2. The van der Waals surface area contributed by atoms with Crippen LogP contribution in [0, 0.1) is 5.92 Å². The fourth-order valence-corrected chi connectivity index (χ4v) is 4.26. The van der Waals surface area contributed by atoms with Gasteiger partial charge in [-0.2, -0.15) is 0 Å². The van der Waals surface area contributed by atoms with Crippen LogP contribution in [0.15, 0.2) is 15.9 Å². The fraction of sp³-hybridized carbons (Fsp3) is 0.667. The second kappa shape index (κ2) is 4.56. The maximum Gasteiger partial charge on any atom is 0.0285 e. The zero-order chi connectivity index (χ0) is 10.9. The molecule has 0 aromatic carbocycles. The van der Waals surface area contributed by atoms with Crippen LogP contribution in [0.1, 0.15) is 37.5 Å². The second-order valence-electron chi connectivity index (χ2n) is 4.97. The first-order valence-electron chi connectivity index (χ1n) is 5.59. The average Bonchev–Trinajstić information content (AvgIpc) is 2.49. The molecule has 84 valence electrons. The Bertz CT molecular complexity index is 336. The molecule has 2 atom stereocenters. The summed E-state index contributed by atoms with van der Waals surface area (Å²) in [6, 6.07) is 2.21. The van der Waals surface area contributed by atoms with Crippen LogP contribution in [-0.2, 0) is 6.42 Å². The molecule has 0 spiro atoms. The molecule has 0 saturated heterocycles. The predicted octanol–water partition coefficient (Wildman–Crippen LogP) is 3.96. The molecule has 0 bridgehead atoms. The van der Waals surface area contributed by atoms with E-state index in [0.717, 1.165) is 12.3 Å². The first-order chi connectivity index (χ1) is 7.07. The van der Waals surface area contributed by atoms with Gasteiger partial charge >= 0.3 is 0 Å². The molecule has 1 aromatic heterocycles. The lowest BCUT2D eigenvalue weighted by Gasteiger charge is -2.36. The minimum Gasteiger partial charge on any atom is -0.325 e. The van der Waals surface area contributed by atoms with Gasteiger partial charge in [0.1, 0.15) is 0 Å². The summed E-state index contributed by atoms with van der Waals surface area (Å²) in [7, 11) is 0. The topological polar surface area (TPSA) is 26.0 Å². The molecular formula is C12H18BrNS. The molecule has 2 N–H and O–H groups in total. The van der Waals surface area contributed by atoms with Gasteiger partial charge in [-0.3, -0.25) is 0 Å². The highest BCUT2D eigenvalue weighted by molar-refractivity contribution is 9.10. The summed E-state index contributed by atoms with van der Waals surface area (Å²) in [4.78, 5) is 1.42. The number of halogens is 1. The van der Waals surface area contributed by atoms with E-state index >= 15 is 0 Å². The Morgan fingerprint density at radius 2 is 2.47 bits per heavy atom. The van der Waals surface area contributed by atoms with E-state index in [1.807, 2.05) is 11.3 Å². The van der Waals surface area contributed by atoms with Gasteiger partial charge < -0.3 is 5.73 Å². The number of hydrogen-bond acceptors (Lipinski definition) is 2. The molecule has 1 nitrogen and oxygen atoms in total. The second-order valence-corrected chi connectivity index (χ2v) is 6.88. The van der Waals surface area contributed by atoms with Crippen molar-refractivity contribution in [3.63, 3.8) is 0 Å². The van der Waals surface area contributed by atoms with Crippen molar-refractivity contribution >= 4 is 27.3 Å². The van der Waals surface area contributed by atoms with E-state index in [4.69, 9.17) is 5.73 Å². The van der Waals surface area contributed by atoms with E-state index in [-0.39, 0.29) is 5.54 Å². The maximum absolute atomic E-state index is 6.48. The summed E-state index contributed by atoms with van der Waals surface area (Å²) in [5.41, 5.74) is 6.54. The van der Waals surface area contributed by atoms with Gasteiger partial charge in [0.15, 0.2) is 0 Å². The van der Waals surface area contributed by atoms with Crippen LogP contribution < -0.4 is 5.73 Å². The summed E-state index contributed by atoms with van der Waals surface area (Å²) in [5, 5.41) is 2.14. The van der Waals surface area contributed by atoms with Crippen LogP contribution in [0.3, 0.4) is 0 Å². The lowest BCUT2D eigenvalue weighted by atomic mass is 9.75. The van der Waals surface area contributed by atoms with Crippen molar-refractivity contribution in [1.29, 1.82) is 0 Å². The Morgan fingerprint density at radius 1 is 1.67 bits per heavy atom. The van der Waals surface area contributed by atoms with Crippen LogP contribution >= 0.6 is 27.3 Å². The quantitative estimate of drug-likeness (QED) is 0.875. The molecule has 1 heterocycles. The highest BCUT2D eigenvalue weighted by Gasteiger charge is 2.31. The molecule has 1 aromatic rings. The van der Waals surface area contributed by atoms with Crippen molar-refractivity contribution in [3.8, 4) is 0 Å². The average molecular weight is 288 g/mol. The van der Waals surface area contributed by atoms with Crippen LogP contribution in [0.5, 0.6) is 0 Å². The highest BCUT2D eigenvalue weighted by atomic mass is 79.9. The van der Waals surface area contributed by atoms with Crippen LogP contribution in [0.2, 0.25) is 0 Å². The Hall–Kier alpha value is 0.140. The number of thiophene rings is 1. The van der Waals surface area contributed by atoms with Crippen molar-refractivity contribution in [1.82, 2.24) is 0 Å². The van der Waals surface area contributed by atoms with Crippen molar-refractivity contribution < 1.29 is 0 Å². The fourth-order valence-electron chi connectivity index (χ4n) is 2.65. The Morgan fingerprint density at radius 3 is 3.07 bits per heavy atom. The molecule has 1 aliphatic carbocycles. The van der Waals surface area contributed by atoms with E-state index in [0.29, 0.717) is 0 Å². The molecule has 1 saturated carbocycles. The van der Waals surface area contributed by atoms with E-state index < -0.39 is 0 Å². The summed E-state index contributed by atoms with van der Waals surface area (Å²) in [6.07, 6.45) is 6.07. The van der Waals surface area contributed by atoms with Gasteiger partial charge in [-0.25, -0.2) is 0 Å². The van der Waals surface area contributed by atoms with Crippen molar-refractivity contribution in [3.05, 3.63) is 20.8 Å². The first kappa shape index (κ1) is 11.6. The smallest absolute Gasteiger partial charge is 0.0285 e. The van der Waals surface area contributed by atoms with Gasteiger partial charge in [0.05, 0.1) is 0 Å². The van der Waals surface area contributed by atoms with Gasteiger partial charge in [-0.05, 0) is 47.2 Å². The molecule has 15 heavy (non-hydrogen) atoms. The summed E-state index contributed by atoms with van der Waals surface area (Å²) < 4.78 is 1.19. The third-order valence-electron chi connectivity index (χ3n) is 3.27. The van der Waals surface area contributed by atoms with Crippen molar-refractivity contribution in [2.45, 2.75) is 44.6 Å². The Labute approximate surface area is 104 Å². The normalized spacial score (nSPS) is 31.8. The standard InChI is InChI=1S/C12H18BrNS/c1-9-3-2-4-12(14,6-9)7-11-5-10(13)8-15-11/h5,8-9H,2-4,6-7,14H2,1H3. The van der Waals surface area contributed by atoms with Crippen LogP contribution in [0.25, 0.3) is 0 Å². The SMILES string of the molecule is CC1CCCC(N)(Cc2cc(Br)cs2)C1. The maximum atomic E-state index is 6.48. The van der Waals surface area contributed by atoms with Crippen molar-refractivity contribution in [2.75, 3.05) is 0 Å². The largest absolute Gasteiger partial charge is 0.325 e. The number of hydrogen-bond donors (Lipinski definition) is 1. The van der Waals surface area contributed by atoms with E-state index in [9.17, 15) is 0 Å². The zero-order valence-corrected chi connectivity index (χ0v) is 11.5. The van der Waals surface area contributed by atoms with Crippen LogP contribution in [-0.4, -0.2) is 5.54 Å². The summed E-state index contributed by atoms with van der Waals surface area (Å²) in [6.45, 7) is 2.32. The van der Waals surface area contributed by atoms with E-state index in [2.05, 4.69) is 34.3 Å². The minimum atomic E-state index is 0.0575. The van der Waals surface area contributed by atoms with Crippen molar-refractivity contribution in [2.24, 2.45) is 11.7 Å². The van der Waals surface area contributed by atoms with Gasteiger partial charge in [0.2, 0.25) is 0 Å². The predicted molar refractivity (Wildman–Crippen MR) is 70.3 cm³/mol. The third-order valence-corrected chi connectivity index (χ3v) is 4.97. The van der Waals surface area contributed by atoms with Gasteiger partial charge in [0.25, 0.3) is 0 Å². The number of nitrogens with two attached hydrogens (primary N) is 1. The lowest BCUT2D eigenvalue weighted by molar-refractivity contribution is 0.236. The van der Waals surface area contributed by atoms with Gasteiger partial charge in [0, 0.05) is 20.3 Å². The lowest BCUT2D eigenvalue weighted by Crippen LogP contribution is -2.45. The molecule has 3 heteroatoms. The Kier molecular flexibility index (Phi) is 3.53. The third kappa shape index (κ3) is 3.05.